The van der Waals surface area contributed by atoms with Crippen LogP contribution < -0.4 is 5.32 Å². The molecule has 1 atom stereocenters. The number of halogens is 4. The lowest BCUT2D eigenvalue weighted by molar-refractivity contribution is -0.138. The van der Waals surface area contributed by atoms with Crippen LogP contribution in [0.2, 0.25) is 0 Å². The molecule has 0 saturated heterocycles. The highest BCUT2D eigenvalue weighted by molar-refractivity contribution is 5.69. The first-order valence-electron chi connectivity index (χ1n) is 7.85. The molecule has 0 unspecified atom stereocenters. The number of nitrogens with zero attached hydrogens (tertiary/aromatic N) is 2. The first kappa shape index (κ1) is 17.8. The van der Waals surface area contributed by atoms with Gasteiger partial charge in [0, 0.05) is 5.56 Å². The number of nitrogens with one attached hydrogen (secondary N) is 1. The summed E-state index contributed by atoms with van der Waals surface area (Å²) in [6.45, 7) is 0.984. The van der Waals surface area contributed by atoms with Crippen molar-refractivity contribution in [3.63, 3.8) is 0 Å². The van der Waals surface area contributed by atoms with Gasteiger partial charge in [-0.2, -0.15) is 13.2 Å². The van der Waals surface area contributed by atoms with Crippen molar-refractivity contribution in [3.05, 3.63) is 66.7 Å². The van der Waals surface area contributed by atoms with E-state index in [1.165, 1.54) is 12.3 Å². The van der Waals surface area contributed by atoms with Crippen LogP contribution in [0.3, 0.4) is 0 Å². The van der Waals surface area contributed by atoms with E-state index in [0.29, 0.717) is 0 Å². The van der Waals surface area contributed by atoms with Crippen LogP contribution in [0.15, 0.2) is 60.9 Å². The van der Waals surface area contributed by atoms with Crippen LogP contribution in [0.5, 0.6) is 0 Å². The molecule has 0 aliphatic carbocycles. The van der Waals surface area contributed by atoms with E-state index in [4.69, 9.17) is 0 Å². The third kappa shape index (κ3) is 3.99. The Morgan fingerprint density at radius 2 is 1.65 bits per heavy atom. The number of hydrogen-bond donors (Lipinski definition) is 1. The lowest BCUT2D eigenvalue weighted by Gasteiger charge is -2.17. The predicted molar refractivity (Wildman–Crippen MR) is 92.0 cm³/mol. The minimum atomic E-state index is -4.39. The summed E-state index contributed by atoms with van der Waals surface area (Å²) in [5.41, 5.74) is 2.07. The van der Waals surface area contributed by atoms with E-state index in [2.05, 4.69) is 15.3 Å². The molecule has 0 aliphatic rings. The molecule has 3 aromatic rings. The number of aromatic nitrogens is 2. The monoisotopic (exact) mass is 361 g/mol. The highest BCUT2D eigenvalue weighted by atomic mass is 19.4. The van der Waals surface area contributed by atoms with E-state index in [9.17, 15) is 17.6 Å². The van der Waals surface area contributed by atoms with Crippen LogP contribution in [0.1, 0.15) is 6.92 Å². The summed E-state index contributed by atoms with van der Waals surface area (Å²) >= 11 is 0. The highest BCUT2D eigenvalue weighted by Gasteiger charge is 2.36. The summed E-state index contributed by atoms with van der Waals surface area (Å²) in [5, 5.41) is 2.21. The molecule has 0 aliphatic heterocycles. The number of anilines is 1. The maximum absolute atomic E-state index is 14.5. The lowest BCUT2D eigenvalue weighted by atomic mass is 10.0. The summed E-state index contributed by atoms with van der Waals surface area (Å²) < 4.78 is 52.1. The van der Waals surface area contributed by atoms with Crippen molar-refractivity contribution >= 4 is 5.82 Å². The van der Waals surface area contributed by atoms with E-state index in [-0.39, 0.29) is 17.1 Å². The minimum Gasteiger partial charge on any atom is -0.358 e. The molecule has 1 aromatic heterocycles. The van der Waals surface area contributed by atoms with Crippen molar-refractivity contribution in [2.45, 2.75) is 19.1 Å². The Morgan fingerprint density at radius 3 is 2.23 bits per heavy atom. The Kier molecular flexibility index (Phi) is 4.88. The Hall–Kier alpha value is -2.96. The summed E-state index contributed by atoms with van der Waals surface area (Å²) in [4.78, 5) is 7.90. The molecule has 2 aromatic carbocycles. The van der Waals surface area contributed by atoms with E-state index in [1.54, 1.807) is 12.1 Å². The highest BCUT2D eigenvalue weighted by Crippen LogP contribution is 2.27. The van der Waals surface area contributed by atoms with Gasteiger partial charge in [-0.25, -0.2) is 9.37 Å². The second kappa shape index (κ2) is 7.11. The summed E-state index contributed by atoms with van der Waals surface area (Å²) in [7, 11) is 0. The van der Waals surface area contributed by atoms with E-state index in [0.717, 1.165) is 24.2 Å². The van der Waals surface area contributed by atoms with E-state index in [1.807, 2.05) is 30.3 Å². The second-order valence-electron chi connectivity index (χ2n) is 5.76. The SMILES string of the molecule is C[C@H](Nc1cnc(-c2ccc(-c3ccccc3)cc2F)cn1)C(F)(F)F. The Balaban J connectivity index is 1.81. The smallest absolute Gasteiger partial charge is 0.358 e. The molecule has 3 nitrogen and oxygen atoms in total. The number of alkyl halides is 3. The first-order chi connectivity index (χ1) is 12.3. The van der Waals surface area contributed by atoms with E-state index < -0.39 is 18.0 Å². The van der Waals surface area contributed by atoms with Gasteiger partial charge in [0.2, 0.25) is 0 Å². The van der Waals surface area contributed by atoms with Gasteiger partial charge in [-0.3, -0.25) is 4.98 Å². The second-order valence-corrected chi connectivity index (χ2v) is 5.76. The van der Waals surface area contributed by atoms with Crippen LogP contribution in [0, 0.1) is 5.82 Å². The maximum atomic E-state index is 14.5. The van der Waals surface area contributed by atoms with Gasteiger partial charge in [0.25, 0.3) is 0 Å². The van der Waals surface area contributed by atoms with Gasteiger partial charge in [0.05, 0.1) is 18.1 Å². The Morgan fingerprint density at radius 1 is 0.923 bits per heavy atom. The fraction of sp³-hybridized carbons (Fsp3) is 0.158. The molecule has 3 rings (SSSR count). The van der Waals surface area contributed by atoms with Gasteiger partial charge in [0.1, 0.15) is 17.7 Å². The molecule has 0 radical (unpaired) electrons. The molecule has 0 amide bonds. The number of benzene rings is 2. The molecule has 1 heterocycles. The third-order valence-electron chi connectivity index (χ3n) is 3.86. The molecule has 0 spiro atoms. The van der Waals surface area contributed by atoms with Crippen molar-refractivity contribution in [1.29, 1.82) is 0 Å². The van der Waals surface area contributed by atoms with E-state index >= 15 is 0 Å². The van der Waals surface area contributed by atoms with Crippen LogP contribution in [-0.2, 0) is 0 Å². The molecule has 26 heavy (non-hydrogen) atoms. The molecule has 1 N–H and O–H groups in total. The third-order valence-corrected chi connectivity index (χ3v) is 3.86. The van der Waals surface area contributed by atoms with Crippen molar-refractivity contribution in [1.82, 2.24) is 9.97 Å². The zero-order valence-corrected chi connectivity index (χ0v) is 13.8. The Labute approximate surface area is 147 Å². The molecule has 0 fully saturated rings. The zero-order chi connectivity index (χ0) is 18.7. The molecule has 0 bridgehead atoms. The molecule has 0 saturated carbocycles. The van der Waals surface area contributed by atoms with Crippen molar-refractivity contribution < 1.29 is 17.6 Å². The van der Waals surface area contributed by atoms with Gasteiger partial charge >= 0.3 is 6.18 Å². The van der Waals surface area contributed by atoms with Gasteiger partial charge in [-0.05, 0) is 30.2 Å². The van der Waals surface area contributed by atoms with Crippen LogP contribution >= 0.6 is 0 Å². The van der Waals surface area contributed by atoms with Crippen molar-refractivity contribution in [3.8, 4) is 22.4 Å². The van der Waals surface area contributed by atoms with Crippen LogP contribution in [0.4, 0.5) is 23.4 Å². The largest absolute Gasteiger partial charge is 0.408 e. The summed E-state index contributed by atoms with van der Waals surface area (Å²) in [5.74, 6) is -0.509. The van der Waals surface area contributed by atoms with Crippen LogP contribution in [0.25, 0.3) is 22.4 Å². The lowest BCUT2D eigenvalue weighted by Crippen LogP contribution is -2.33. The zero-order valence-electron chi connectivity index (χ0n) is 13.8. The number of hydrogen-bond acceptors (Lipinski definition) is 3. The number of rotatable bonds is 4. The minimum absolute atomic E-state index is 0.0279. The van der Waals surface area contributed by atoms with Gasteiger partial charge < -0.3 is 5.32 Å². The quantitative estimate of drug-likeness (QED) is 0.640. The average molecular weight is 361 g/mol. The summed E-state index contributed by atoms with van der Waals surface area (Å²) in [6, 6.07) is 12.3. The van der Waals surface area contributed by atoms with Gasteiger partial charge in [0.15, 0.2) is 0 Å². The normalized spacial score (nSPS) is 12.7. The first-order valence-corrected chi connectivity index (χ1v) is 7.85. The molecular formula is C19H15F4N3. The van der Waals surface area contributed by atoms with Gasteiger partial charge in [-0.1, -0.05) is 36.4 Å². The van der Waals surface area contributed by atoms with Crippen molar-refractivity contribution in [2.24, 2.45) is 0 Å². The topological polar surface area (TPSA) is 37.8 Å². The average Bonchev–Trinajstić information content (AvgIpc) is 2.62. The standard InChI is InChI=1S/C19H15F4N3/c1-12(19(21,22)23)26-18-11-24-17(10-25-18)15-8-7-14(9-16(15)20)13-5-3-2-4-6-13/h2-12H,1H3,(H,25,26)/t12-/m0/s1. The van der Waals surface area contributed by atoms with Gasteiger partial charge in [-0.15, -0.1) is 0 Å². The maximum Gasteiger partial charge on any atom is 0.408 e. The van der Waals surface area contributed by atoms with Crippen LogP contribution in [-0.4, -0.2) is 22.2 Å². The fourth-order valence-corrected chi connectivity index (χ4v) is 2.38. The van der Waals surface area contributed by atoms with Crippen molar-refractivity contribution in [2.75, 3.05) is 5.32 Å². The molecular weight excluding hydrogens is 346 g/mol. The predicted octanol–water partition coefficient (Wildman–Crippen LogP) is 5.31. The Bertz CT molecular complexity index is 878. The summed E-state index contributed by atoms with van der Waals surface area (Å²) in [6.07, 6.45) is -1.99. The molecule has 7 heteroatoms. The fourth-order valence-electron chi connectivity index (χ4n) is 2.38. The molecule has 134 valence electrons.